The van der Waals surface area contributed by atoms with Gasteiger partial charge >= 0.3 is 0 Å². The molecular formula is C12H8BrFN2O2. The zero-order chi connectivity index (χ0) is 13.0. The van der Waals surface area contributed by atoms with E-state index in [2.05, 4.69) is 26.5 Å². The quantitative estimate of drug-likeness (QED) is 0.700. The third-order valence-electron chi connectivity index (χ3n) is 2.06. The van der Waals surface area contributed by atoms with E-state index in [1.165, 1.54) is 30.5 Å². The van der Waals surface area contributed by atoms with E-state index < -0.39 is 11.7 Å². The van der Waals surface area contributed by atoms with Crippen LogP contribution in [0.3, 0.4) is 0 Å². The van der Waals surface area contributed by atoms with Gasteiger partial charge in [-0.05, 0) is 52.3 Å². The van der Waals surface area contributed by atoms with Crippen molar-refractivity contribution >= 4 is 28.1 Å². The molecule has 1 N–H and O–H groups in total. The van der Waals surface area contributed by atoms with E-state index in [4.69, 9.17) is 4.42 Å². The molecule has 0 spiro atoms. The number of hydrogen-bond acceptors (Lipinski definition) is 3. The first-order valence-electron chi connectivity index (χ1n) is 4.99. The van der Waals surface area contributed by atoms with Gasteiger partial charge < -0.3 is 4.42 Å². The van der Waals surface area contributed by atoms with Crippen molar-refractivity contribution in [3.8, 4) is 0 Å². The Bertz CT molecular complexity index is 578. The Morgan fingerprint density at radius 2 is 2.00 bits per heavy atom. The molecule has 0 bridgehead atoms. The molecule has 92 valence electrons. The fraction of sp³-hybridized carbons (Fsp3) is 0. The van der Waals surface area contributed by atoms with Gasteiger partial charge in [-0.15, -0.1) is 0 Å². The molecular weight excluding hydrogens is 303 g/mol. The minimum atomic E-state index is -0.420. The van der Waals surface area contributed by atoms with Crippen LogP contribution < -0.4 is 5.43 Å². The van der Waals surface area contributed by atoms with Gasteiger partial charge in [-0.3, -0.25) is 4.79 Å². The normalized spacial score (nSPS) is 10.8. The summed E-state index contributed by atoms with van der Waals surface area (Å²) in [5.74, 6) is -0.311. The lowest BCUT2D eigenvalue weighted by Gasteiger charge is -1.98. The standard InChI is InChI=1S/C12H8BrFN2O2/c13-11-6-5-10(18-11)7-15-16-12(17)8-1-3-9(14)4-2-8/h1-7H,(H,16,17). The summed E-state index contributed by atoms with van der Waals surface area (Å²) >= 11 is 3.15. The minimum Gasteiger partial charge on any atom is -0.448 e. The van der Waals surface area contributed by atoms with Crippen molar-refractivity contribution < 1.29 is 13.6 Å². The molecule has 0 fully saturated rings. The molecule has 6 heteroatoms. The van der Waals surface area contributed by atoms with Crippen molar-refractivity contribution in [3.05, 3.63) is 58.2 Å². The van der Waals surface area contributed by atoms with Crippen LogP contribution in [0.5, 0.6) is 0 Å². The van der Waals surface area contributed by atoms with Gasteiger partial charge in [0.25, 0.3) is 5.91 Å². The average molecular weight is 311 g/mol. The highest BCUT2D eigenvalue weighted by molar-refractivity contribution is 9.10. The number of carbonyl (C=O) groups is 1. The van der Waals surface area contributed by atoms with Gasteiger partial charge in [0, 0.05) is 5.56 Å². The summed E-state index contributed by atoms with van der Waals surface area (Å²) in [7, 11) is 0. The largest absolute Gasteiger partial charge is 0.448 e. The van der Waals surface area contributed by atoms with Crippen LogP contribution in [0.2, 0.25) is 0 Å². The number of nitrogens with zero attached hydrogens (tertiary/aromatic N) is 1. The Kier molecular flexibility index (Phi) is 3.88. The van der Waals surface area contributed by atoms with E-state index in [0.717, 1.165) is 0 Å². The van der Waals surface area contributed by atoms with Crippen LogP contribution in [0.4, 0.5) is 4.39 Å². The van der Waals surface area contributed by atoms with Gasteiger partial charge in [0.15, 0.2) is 4.67 Å². The highest BCUT2D eigenvalue weighted by Crippen LogP contribution is 2.12. The summed E-state index contributed by atoms with van der Waals surface area (Å²) < 4.78 is 18.4. The Morgan fingerprint density at radius 1 is 1.28 bits per heavy atom. The van der Waals surface area contributed by atoms with Crippen molar-refractivity contribution in [2.75, 3.05) is 0 Å². The van der Waals surface area contributed by atoms with E-state index in [1.54, 1.807) is 12.1 Å². The number of rotatable bonds is 3. The first-order chi connectivity index (χ1) is 8.65. The first-order valence-corrected chi connectivity index (χ1v) is 5.79. The van der Waals surface area contributed by atoms with Crippen LogP contribution in [0.25, 0.3) is 0 Å². The molecule has 2 aromatic rings. The number of amides is 1. The monoisotopic (exact) mass is 310 g/mol. The SMILES string of the molecule is O=C(NN=Cc1ccc(Br)o1)c1ccc(F)cc1. The van der Waals surface area contributed by atoms with Crippen molar-refractivity contribution in [3.63, 3.8) is 0 Å². The smallest absolute Gasteiger partial charge is 0.271 e. The molecule has 1 aromatic carbocycles. The zero-order valence-electron chi connectivity index (χ0n) is 9.06. The number of hydrazone groups is 1. The molecule has 0 aliphatic heterocycles. The van der Waals surface area contributed by atoms with Crippen molar-refractivity contribution in [2.45, 2.75) is 0 Å². The van der Waals surface area contributed by atoms with Gasteiger partial charge in [0.05, 0.1) is 6.21 Å². The number of benzene rings is 1. The average Bonchev–Trinajstić information content (AvgIpc) is 2.76. The molecule has 0 aliphatic rings. The number of furan rings is 1. The van der Waals surface area contributed by atoms with Crippen LogP contribution in [0.15, 0.2) is 50.6 Å². The third-order valence-corrected chi connectivity index (χ3v) is 2.48. The Balaban J connectivity index is 1.96. The van der Waals surface area contributed by atoms with E-state index >= 15 is 0 Å². The summed E-state index contributed by atoms with van der Waals surface area (Å²) in [5.41, 5.74) is 2.64. The van der Waals surface area contributed by atoms with E-state index in [-0.39, 0.29) is 0 Å². The summed E-state index contributed by atoms with van der Waals surface area (Å²) in [6.45, 7) is 0. The zero-order valence-corrected chi connectivity index (χ0v) is 10.6. The van der Waals surface area contributed by atoms with Gasteiger partial charge in [-0.25, -0.2) is 9.82 Å². The lowest BCUT2D eigenvalue weighted by Crippen LogP contribution is -2.17. The molecule has 0 aliphatic carbocycles. The van der Waals surface area contributed by atoms with Crippen molar-refractivity contribution in [1.82, 2.24) is 5.43 Å². The molecule has 1 heterocycles. The van der Waals surface area contributed by atoms with Crippen LogP contribution in [-0.2, 0) is 0 Å². The molecule has 0 unspecified atom stereocenters. The minimum absolute atomic E-state index is 0.328. The van der Waals surface area contributed by atoms with Crippen LogP contribution in [-0.4, -0.2) is 12.1 Å². The first kappa shape index (κ1) is 12.5. The summed E-state index contributed by atoms with van der Waals surface area (Å²) in [6, 6.07) is 8.58. The second kappa shape index (κ2) is 5.59. The maximum atomic E-state index is 12.6. The predicted octanol–water partition coefficient (Wildman–Crippen LogP) is 2.95. The lowest BCUT2D eigenvalue weighted by molar-refractivity contribution is 0.0955. The Hall–Kier alpha value is -1.95. The van der Waals surface area contributed by atoms with Gasteiger partial charge in [0.1, 0.15) is 11.6 Å². The number of hydrogen-bond donors (Lipinski definition) is 1. The highest BCUT2D eigenvalue weighted by Gasteiger charge is 2.03. The van der Waals surface area contributed by atoms with Crippen LogP contribution in [0.1, 0.15) is 16.1 Å². The maximum absolute atomic E-state index is 12.6. The number of nitrogens with one attached hydrogen (secondary N) is 1. The predicted molar refractivity (Wildman–Crippen MR) is 67.9 cm³/mol. The van der Waals surface area contributed by atoms with E-state index in [1.807, 2.05) is 0 Å². The molecule has 0 radical (unpaired) electrons. The van der Waals surface area contributed by atoms with Crippen molar-refractivity contribution in [2.24, 2.45) is 5.10 Å². The van der Waals surface area contributed by atoms with Crippen molar-refractivity contribution in [1.29, 1.82) is 0 Å². The molecule has 0 atom stereocenters. The lowest BCUT2D eigenvalue weighted by atomic mass is 10.2. The molecule has 0 saturated carbocycles. The molecule has 1 amide bonds. The molecule has 18 heavy (non-hydrogen) atoms. The fourth-order valence-corrected chi connectivity index (χ4v) is 1.54. The van der Waals surface area contributed by atoms with Gasteiger partial charge in [0.2, 0.25) is 0 Å². The summed E-state index contributed by atoms with van der Waals surface area (Å²) in [5, 5.41) is 3.72. The highest BCUT2D eigenvalue weighted by atomic mass is 79.9. The van der Waals surface area contributed by atoms with Gasteiger partial charge in [-0.2, -0.15) is 5.10 Å². The van der Waals surface area contributed by atoms with Gasteiger partial charge in [-0.1, -0.05) is 0 Å². The summed E-state index contributed by atoms with van der Waals surface area (Å²) in [6.07, 6.45) is 1.37. The topological polar surface area (TPSA) is 54.6 Å². The Labute approximate surface area is 111 Å². The number of halogens is 2. The van der Waals surface area contributed by atoms with E-state index in [0.29, 0.717) is 16.0 Å². The second-order valence-corrected chi connectivity index (χ2v) is 4.13. The van der Waals surface area contributed by atoms with Crippen LogP contribution in [0, 0.1) is 5.82 Å². The molecule has 2 rings (SSSR count). The Morgan fingerprint density at radius 3 is 2.61 bits per heavy atom. The number of carbonyl (C=O) groups excluding carboxylic acids is 1. The molecule has 0 saturated heterocycles. The molecule has 4 nitrogen and oxygen atoms in total. The van der Waals surface area contributed by atoms with Crippen LogP contribution >= 0.6 is 15.9 Å². The van der Waals surface area contributed by atoms with E-state index in [9.17, 15) is 9.18 Å². The fourth-order valence-electron chi connectivity index (χ4n) is 1.22. The third kappa shape index (κ3) is 3.27. The maximum Gasteiger partial charge on any atom is 0.271 e. The second-order valence-electron chi connectivity index (χ2n) is 3.35. The molecule has 1 aromatic heterocycles. The summed E-state index contributed by atoms with van der Waals surface area (Å²) in [4.78, 5) is 11.6.